The van der Waals surface area contributed by atoms with Crippen LogP contribution in [0.2, 0.25) is 15.1 Å². The van der Waals surface area contributed by atoms with Crippen LogP contribution in [0.3, 0.4) is 0 Å². The number of hydrogen-bond acceptors (Lipinski definition) is 2. The second-order valence-corrected chi connectivity index (χ2v) is 10.1. The highest BCUT2D eigenvalue weighted by Gasteiger charge is 2.36. The molecule has 0 amide bonds. The number of carbonyl (C=O) groups is 2. The molecule has 0 radical (unpaired) electrons. The normalized spacial score (nSPS) is 12.3. The summed E-state index contributed by atoms with van der Waals surface area (Å²) in [5, 5.41) is 1.77. The number of hydrogen-bond donors (Lipinski definition) is 0. The van der Waals surface area contributed by atoms with Gasteiger partial charge in [-0.2, -0.15) is 0 Å². The zero-order valence-electron chi connectivity index (χ0n) is 19.3. The van der Waals surface area contributed by atoms with Crippen molar-refractivity contribution < 1.29 is 9.59 Å². The summed E-state index contributed by atoms with van der Waals surface area (Å²) in [5.74, 6) is -0.380. The minimum absolute atomic E-state index is 0.187. The predicted octanol–water partition coefficient (Wildman–Crippen LogP) is 9.42. The topological polar surface area (TPSA) is 34.1 Å². The van der Waals surface area contributed by atoms with E-state index in [0.717, 1.165) is 22.3 Å². The molecule has 1 aliphatic rings. The van der Waals surface area contributed by atoms with Crippen LogP contribution in [0, 0.1) is 0 Å². The number of halogens is 3. The van der Waals surface area contributed by atoms with Crippen molar-refractivity contribution in [1.82, 2.24) is 0 Å². The molecule has 0 N–H and O–H groups in total. The maximum atomic E-state index is 14.2. The van der Waals surface area contributed by atoms with Gasteiger partial charge >= 0.3 is 0 Å². The number of benzene rings is 5. The Morgan fingerprint density at radius 2 is 0.757 bits per heavy atom. The van der Waals surface area contributed by atoms with Crippen LogP contribution in [0.25, 0.3) is 33.4 Å². The van der Waals surface area contributed by atoms with Crippen molar-refractivity contribution >= 4 is 46.4 Å². The van der Waals surface area contributed by atoms with Gasteiger partial charge in [-0.05, 0) is 70.3 Å². The summed E-state index contributed by atoms with van der Waals surface area (Å²) in [7, 11) is 0. The molecular formula is C32H17Cl3O2. The van der Waals surface area contributed by atoms with E-state index in [9.17, 15) is 9.59 Å². The van der Waals surface area contributed by atoms with E-state index in [1.54, 1.807) is 48.5 Å². The first kappa shape index (κ1) is 23.7. The fourth-order valence-corrected chi connectivity index (χ4v) is 5.30. The molecule has 178 valence electrons. The fraction of sp³-hybridized carbons (Fsp3) is 0. The number of rotatable bonds is 3. The van der Waals surface area contributed by atoms with E-state index in [2.05, 4.69) is 0 Å². The van der Waals surface area contributed by atoms with Gasteiger partial charge in [-0.1, -0.05) is 95.5 Å². The minimum Gasteiger partial charge on any atom is -0.289 e. The Morgan fingerprint density at radius 1 is 0.378 bits per heavy atom. The lowest BCUT2D eigenvalue weighted by molar-refractivity contribution is 0.0980. The van der Waals surface area contributed by atoms with Crippen LogP contribution >= 0.6 is 34.8 Å². The van der Waals surface area contributed by atoms with Crippen LogP contribution in [0.5, 0.6) is 0 Å². The van der Waals surface area contributed by atoms with Gasteiger partial charge in [0.1, 0.15) is 0 Å². The third-order valence-electron chi connectivity index (χ3n) is 6.64. The highest BCUT2D eigenvalue weighted by Crippen LogP contribution is 2.45. The van der Waals surface area contributed by atoms with Crippen molar-refractivity contribution in [2.75, 3.05) is 0 Å². The zero-order valence-corrected chi connectivity index (χ0v) is 21.5. The molecule has 1 aliphatic carbocycles. The van der Waals surface area contributed by atoms with Crippen LogP contribution in [0.4, 0.5) is 0 Å². The average Bonchev–Trinajstić information content (AvgIpc) is 2.92. The summed E-state index contributed by atoms with van der Waals surface area (Å²) >= 11 is 18.6. The molecule has 2 nitrogen and oxygen atoms in total. The van der Waals surface area contributed by atoms with Crippen molar-refractivity contribution in [3.05, 3.63) is 140 Å². The summed E-state index contributed by atoms with van der Waals surface area (Å²) in [6, 6.07) is 31.0. The van der Waals surface area contributed by atoms with Crippen molar-refractivity contribution in [2.24, 2.45) is 0 Å². The molecule has 0 aromatic heterocycles. The molecule has 0 spiro atoms. The molecule has 5 aromatic carbocycles. The van der Waals surface area contributed by atoms with E-state index in [0.29, 0.717) is 48.4 Å². The van der Waals surface area contributed by atoms with Gasteiger partial charge in [-0.3, -0.25) is 9.59 Å². The third kappa shape index (κ3) is 4.08. The fourth-order valence-electron chi connectivity index (χ4n) is 4.93. The lowest BCUT2D eigenvalue weighted by atomic mass is 9.74. The van der Waals surface area contributed by atoms with Crippen molar-refractivity contribution in [3.63, 3.8) is 0 Å². The van der Waals surface area contributed by atoms with E-state index >= 15 is 0 Å². The van der Waals surface area contributed by atoms with Crippen LogP contribution in [0.15, 0.2) is 103 Å². The Balaban J connectivity index is 1.78. The van der Waals surface area contributed by atoms with E-state index in [-0.39, 0.29) is 11.6 Å². The quantitative estimate of drug-likeness (QED) is 0.224. The Labute approximate surface area is 229 Å². The number of ketones is 2. The second-order valence-electron chi connectivity index (χ2n) is 8.82. The van der Waals surface area contributed by atoms with E-state index in [4.69, 9.17) is 34.8 Å². The summed E-state index contributed by atoms with van der Waals surface area (Å²) < 4.78 is 0. The minimum atomic E-state index is -0.193. The van der Waals surface area contributed by atoms with Gasteiger partial charge in [-0.15, -0.1) is 0 Å². The lowest BCUT2D eigenvalue weighted by Crippen LogP contribution is -2.23. The first-order valence-corrected chi connectivity index (χ1v) is 12.7. The largest absolute Gasteiger partial charge is 0.289 e. The number of carbonyl (C=O) groups excluding carboxylic acids is 2. The molecular weight excluding hydrogens is 523 g/mol. The molecule has 0 saturated heterocycles. The van der Waals surface area contributed by atoms with E-state index in [1.165, 1.54) is 0 Å². The van der Waals surface area contributed by atoms with Gasteiger partial charge in [0.2, 0.25) is 0 Å². The van der Waals surface area contributed by atoms with Crippen LogP contribution < -0.4 is 0 Å². The molecule has 0 atom stereocenters. The summed E-state index contributed by atoms with van der Waals surface area (Å²) in [5.41, 5.74) is 6.16. The molecule has 0 bridgehead atoms. The Kier molecular flexibility index (Phi) is 5.97. The Morgan fingerprint density at radius 3 is 1.22 bits per heavy atom. The van der Waals surface area contributed by atoms with Gasteiger partial charge in [0, 0.05) is 42.9 Å². The molecule has 0 aliphatic heterocycles. The van der Waals surface area contributed by atoms with Gasteiger partial charge in [0.05, 0.1) is 0 Å². The maximum Gasteiger partial charge on any atom is 0.195 e. The first-order chi connectivity index (χ1) is 17.9. The molecule has 0 heterocycles. The highest BCUT2D eigenvalue weighted by molar-refractivity contribution is 6.34. The summed E-state index contributed by atoms with van der Waals surface area (Å²) in [6.45, 7) is 0. The molecule has 0 unspecified atom stereocenters. The molecule has 0 fully saturated rings. The Bertz CT molecular complexity index is 1700. The smallest absolute Gasteiger partial charge is 0.195 e. The van der Waals surface area contributed by atoms with Crippen LogP contribution in [-0.2, 0) is 0 Å². The summed E-state index contributed by atoms with van der Waals surface area (Å²) in [6.07, 6.45) is 0. The summed E-state index contributed by atoms with van der Waals surface area (Å²) in [4.78, 5) is 28.2. The van der Waals surface area contributed by atoms with Crippen molar-refractivity contribution in [2.45, 2.75) is 0 Å². The standard InChI is InChI=1S/C32H17Cl3O2/c33-21-11-5-18(6-12-21)26-17-27(19-7-13-22(34)14-8-19)29-30(28(26)20-9-15-23(35)16-10-20)32(37)25-4-2-1-3-24(25)31(29)36/h1-17H. The highest BCUT2D eigenvalue weighted by atomic mass is 35.5. The van der Waals surface area contributed by atoms with Crippen molar-refractivity contribution in [3.8, 4) is 33.4 Å². The van der Waals surface area contributed by atoms with Gasteiger partial charge in [0.25, 0.3) is 0 Å². The van der Waals surface area contributed by atoms with Crippen LogP contribution in [0.1, 0.15) is 31.8 Å². The predicted molar refractivity (Wildman–Crippen MR) is 151 cm³/mol. The van der Waals surface area contributed by atoms with Gasteiger partial charge in [-0.25, -0.2) is 0 Å². The molecule has 5 heteroatoms. The monoisotopic (exact) mass is 538 g/mol. The third-order valence-corrected chi connectivity index (χ3v) is 7.40. The van der Waals surface area contributed by atoms with E-state index < -0.39 is 0 Å². The van der Waals surface area contributed by atoms with E-state index in [1.807, 2.05) is 54.6 Å². The van der Waals surface area contributed by atoms with Crippen LogP contribution in [-0.4, -0.2) is 11.6 Å². The Hall–Kier alpha value is -3.69. The molecule has 0 saturated carbocycles. The van der Waals surface area contributed by atoms with Gasteiger partial charge < -0.3 is 0 Å². The van der Waals surface area contributed by atoms with Gasteiger partial charge in [0.15, 0.2) is 11.6 Å². The second kappa shape index (κ2) is 9.32. The SMILES string of the molecule is O=C1c2ccccc2C(=O)c2c1c(-c1ccc(Cl)cc1)cc(-c1ccc(Cl)cc1)c2-c1ccc(Cl)cc1. The molecule has 5 aromatic rings. The first-order valence-electron chi connectivity index (χ1n) is 11.6. The maximum absolute atomic E-state index is 14.2. The lowest BCUT2D eigenvalue weighted by Gasteiger charge is -2.26. The average molecular weight is 540 g/mol. The molecule has 37 heavy (non-hydrogen) atoms. The zero-order chi connectivity index (χ0) is 25.7. The molecule has 6 rings (SSSR count). The van der Waals surface area contributed by atoms with Crippen molar-refractivity contribution in [1.29, 1.82) is 0 Å². The number of fused-ring (bicyclic) bond motifs is 2.